The van der Waals surface area contributed by atoms with Crippen LogP contribution in [0.25, 0.3) is 0 Å². The lowest BCUT2D eigenvalue weighted by molar-refractivity contribution is -0.161. The molecular weight excluding hydrogens is 715 g/mol. The summed E-state index contributed by atoms with van der Waals surface area (Å²) in [7, 11) is -4.79. The number of phosphoric acid groups is 1. The van der Waals surface area contributed by atoms with Gasteiger partial charge in [-0.2, -0.15) is 0 Å². The number of hydrogen-bond donors (Lipinski definition) is 3. The first-order chi connectivity index (χ1) is 26.7. The van der Waals surface area contributed by atoms with Gasteiger partial charge in [-0.25, -0.2) is 4.57 Å². The largest absolute Gasteiger partial charge is 0.469 e. The van der Waals surface area contributed by atoms with Crippen LogP contribution in [-0.2, 0) is 28.2 Å². The van der Waals surface area contributed by atoms with Gasteiger partial charge in [0.25, 0.3) is 0 Å². The minimum Gasteiger partial charge on any atom is -0.462 e. The molecule has 314 valence electrons. The average Bonchev–Trinajstić information content (AvgIpc) is 3.15. The van der Waals surface area contributed by atoms with E-state index in [2.05, 4.69) is 54.8 Å². The van der Waals surface area contributed by atoms with Gasteiger partial charge in [0.1, 0.15) is 6.61 Å². The lowest BCUT2D eigenvalue weighted by Crippen LogP contribution is -2.29. The fourth-order valence-electron chi connectivity index (χ4n) is 5.35. The summed E-state index contributed by atoms with van der Waals surface area (Å²) in [4.78, 5) is 42.8. The van der Waals surface area contributed by atoms with Crippen LogP contribution in [-0.4, -0.2) is 52.3 Å². The molecule has 0 spiro atoms. The van der Waals surface area contributed by atoms with Crippen molar-refractivity contribution in [2.24, 2.45) is 0 Å². The monoisotopic (exact) mass is 791 g/mol. The zero-order chi connectivity index (χ0) is 40.5. The first-order valence-corrected chi connectivity index (χ1v) is 22.5. The number of hydrogen-bond acceptors (Lipinski definition) is 7. The number of esters is 2. The van der Waals surface area contributed by atoms with Gasteiger partial charge in [-0.1, -0.05) is 157 Å². The average molecular weight is 791 g/mol. The Morgan fingerprint density at radius 2 is 1.11 bits per heavy atom. The second-order valence-corrected chi connectivity index (χ2v) is 15.0. The summed E-state index contributed by atoms with van der Waals surface area (Å²) in [6.45, 7) is 3.41. The van der Waals surface area contributed by atoms with Crippen LogP contribution >= 0.6 is 7.82 Å². The van der Waals surface area contributed by atoms with Gasteiger partial charge < -0.3 is 24.4 Å². The molecule has 0 aromatic heterocycles. The third kappa shape index (κ3) is 42.2. The molecule has 10 heteroatoms. The van der Waals surface area contributed by atoms with Crippen LogP contribution in [0.15, 0.2) is 85.1 Å². The highest BCUT2D eigenvalue weighted by Gasteiger charge is 2.22. The highest BCUT2D eigenvalue weighted by molar-refractivity contribution is 7.46. The lowest BCUT2D eigenvalue weighted by Gasteiger charge is -2.18. The Balaban J connectivity index is 4.09. The molecule has 55 heavy (non-hydrogen) atoms. The summed E-state index contributed by atoms with van der Waals surface area (Å²) in [5.41, 5.74) is 0. The van der Waals surface area contributed by atoms with Crippen molar-refractivity contribution in [2.75, 3.05) is 13.2 Å². The Morgan fingerprint density at radius 1 is 0.582 bits per heavy atom. The first kappa shape index (κ1) is 52.2. The number of aliphatic hydroxyl groups excluding tert-OH is 1. The zero-order valence-corrected chi connectivity index (χ0v) is 35.0. The number of carbonyl (C=O) groups is 2. The summed E-state index contributed by atoms with van der Waals surface area (Å²) in [5, 5.41) is 9.98. The van der Waals surface area contributed by atoms with Crippen molar-refractivity contribution in [1.82, 2.24) is 0 Å². The Kier molecular flexibility index (Phi) is 37.4. The van der Waals surface area contributed by atoms with Gasteiger partial charge in [0.2, 0.25) is 0 Å². The Hall–Kier alpha value is -2.81. The zero-order valence-electron chi connectivity index (χ0n) is 34.2. The smallest absolute Gasteiger partial charge is 0.462 e. The van der Waals surface area contributed by atoms with Crippen LogP contribution in [0.1, 0.15) is 162 Å². The number of carbonyl (C=O) groups excluding carboxylic acids is 2. The second kappa shape index (κ2) is 39.4. The topological polar surface area (TPSA) is 140 Å². The SMILES string of the molecule is CC/C=C\C/C=C\CC(O)/C=C/C=C\C/C=C\CCCC(=O)O[C@H](COC(=O)CCCCCCCCCCC/C=C\C/C=C\CCCCC)COP(=O)(O)O. The van der Waals surface area contributed by atoms with E-state index in [9.17, 15) is 19.3 Å². The predicted octanol–water partition coefficient (Wildman–Crippen LogP) is 11.8. The molecule has 0 fully saturated rings. The van der Waals surface area contributed by atoms with Gasteiger partial charge in [0.15, 0.2) is 6.10 Å². The maximum absolute atomic E-state index is 12.4. The van der Waals surface area contributed by atoms with Crippen LogP contribution < -0.4 is 0 Å². The molecule has 0 radical (unpaired) electrons. The third-order valence-electron chi connectivity index (χ3n) is 8.48. The van der Waals surface area contributed by atoms with Crippen molar-refractivity contribution in [3.63, 3.8) is 0 Å². The first-order valence-electron chi connectivity index (χ1n) is 21.0. The maximum atomic E-state index is 12.4. The van der Waals surface area contributed by atoms with Gasteiger partial charge in [0, 0.05) is 12.8 Å². The molecule has 0 aliphatic rings. The summed E-state index contributed by atoms with van der Waals surface area (Å²) in [6, 6.07) is 0. The van der Waals surface area contributed by atoms with Crippen LogP contribution in [0.3, 0.4) is 0 Å². The molecule has 0 amide bonds. The normalized spacial score (nSPS) is 13.9. The molecule has 0 aliphatic heterocycles. The number of ether oxygens (including phenoxy) is 2. The molecule has 9 nitrogen and oxygen atoms in total. The van der Waals surface area contributed by atoms with Crippen molar-refractivity contribution >= 4 is 19.8 Å². The quantitative estimate of drug-likeness (QED) is 0.0184. The van der Waals surface area contributed by atoms with Gasteiger partial charge in [-0.3, -0.25) is 14.1 Å². The molecule has 0 aromatic carbocycles. The fraction of sp³-hybridized carbons (Fsp3) is 0.644. The lowest BCUT2D eigenvalue weighted by atomic mass is 10.1. The fourth-order valence-corrected chi connectivity index (χ4v) is 5.71. The Morgan fingerprint density at radius 3 is 1.73 bits per heavy atom. The summed E-state index contributed by atoms with van der Waals surface area (Å²) < 4.78 is 26.3. The highest BCUT2D eigenvalue weighted by Crippen LogP contribution is 2.36. The maximum Gasteiger partial charge on any atom is 0.469 e. The molecule has 3 N–H and O–H groups in total. The molecule has 0 saturated heterocycles. The number of unbranched alkanes of at least 4 members (excludes halogenated alkanes) is 13. The molecule has 0 bridgehead atoms. The second-order valence-electron chi connectivity index (χ2n) is 13.8. The van der Waals surface area contributed by atoms with Crippen LogP contribution in [0, 0.1) is 0 Å². The van der Waals surface area contributed by atoms with Crippen molar-refractivity contribution in [2.45, 2.75) is 174 Å². The molecule has 0 saturated carbocycles. The van der Waals surface area contributed by atoms with Crippen molar-refractivity contribution in [1.29, 1.82) is 0 Å². The van der Waals surface area contributed by atoms with E-state index in [0.717, 1.165) is 44.9 Å². The molecular formula is C45H75O9P. The molecule has 0 heterocycles. The van der Waals surface area contributed by atoms with Gasteiger partial charge >= 0.3 is 19.8 Å². The minimum atomic E-state index is -4.79. The van der Waals surface area contributed by atoms with E-state index in [-0.39, 0.29) is 19.4 Å². The Bertz CT molecular complexity index is 1180. The van der Waals surface area contributed by atoms with E-state index < -0.39 is 38.6 Å². The molecule has 2 atom stereocenters. The highest BCUT2D eigenvalue weighted by atomic mass is 31.2. The van der Waals surface area contributed by atoms with Crippen molar-refractivity contribution in [3.8, 4) is 0 Å². The molecule has 1 unspecified atom stereocenters. The van der Waals surface area contributed by atoms with Crippen LogP contribution in [0.4, 0.5) is 0 Å². The standard InChI is InChI=1S/C45H75O9P/c1-3-5-7-9-11-12-13-14-15-16-17-18-19-20-21-22-26-30-34-38-44(47)52-40-43(41-53-55(49,50)51)54-45(48)39-35-31-27-24-23-25-29-33-37-42(46)36-32-28-10-8-6-4-2/h6,8,11-12,14-15,24-25,27-29,32-33,37,42-43,46H,3-5,7,9-10,13,16-23,26,30-31,34-36,38-41H2,1-2H3,(H2,49,50,51)/b8-6-,12-11-,15-14-,27-24-,29-25-,32-28-,37-33+/t42?,43-/m1/s1. The van der Waals surface area contributed by atoms with E-state index in [1.54, 1.807) is 6.08 Å². The van der Waals surface area contributed by atoms with Crippen molar-refractivity contribution in [3.05, 3.63) is 85.1 Å². The molecule has 0 aliphatic carbocycles. The summed E-state index contributed by atoms with van der Waals surface area (Å²) in [5.74, 6) is -1.00. The van der Waals surface area contributed by atoms with Crippen LogP contribution in [0.2, 0.25) is 0 Å². The number of allylic oxidation sites excluding steroid dienone is 12. The van der Waals surface area contributed by atoms with Gasteiger partial charge in [-0.05, 0) is 77.0 Å². The van der Waals surface area contributed by atoms with Gasteiger partial charge in [-0.15, -0.1) is 0 Å². The van der Waals surface area contributed by atoms with Gasteiger partial charge in [0.05, 0.1) is 12.7 Å². The predicted molar refractivity (Wildman–Crippen MR) is 226 cm³/mol. The number of aliphatic hydroxyl groups is 1. The van der Waals surface area contributed by atoms with E-state index in [4.69, 9.17) is 19.3 Å². The summed E-state index contributed by atoms with van der Waals surface area (Å²) in [6.07, 6.45) is 49.1. The number of phosphoric ester groups is 1. The molecule has 0 rings (SSSR count). The van der Waals surface area contributed by atoms with E-state index in [1.165, 1.54) is 57.8 Å². The third-order valence-corrected chi connectivity index (χ3v) is 8.96. The molecule has 0 aromatic rings. The van der Waals surface area contributed by atoms with E-state index in [1.807, 2.05) is 42.5 Å². The Labute approximate surface area is 334 Å². The van der Waals surface area contributed by atoms with E-state index >= 15 is 0 Å². The van der Waals surface area contributed by atoms with E-state index in [0.29, 0.717) is 32.1 Å². The summed E-state index contributed by atoms with van der Waals surface area (Å²) >= 11 is 0. The number of rotatable bonds is 37. The van der Waals surface area contributed by atoms with Crippen molar-refractivity contribution < 1.29 is 43.0 Å². The minimum absolute atomic E-state index is 0.0964. The van der Waals surface area contributed by atoms with Crippen LogP contribution in [0.5, 0.6) is 0 Å².